The monoisotopic (exact) mass is 424 g/mol. The number of nitrogen functional groups attached to an aromatic ring is 2. The maximum Gasteiger partial charge on any atom is 0.138 e. The van der Waals surface area contributed by atoms with Gasteiger partial charge in [0, 0.05) is 43.0 Å². The average Bonchev–Trinajstić information content (AvgIpc) is 3.44. The minimum atomic E-state index is 0.547. The molecule has 160 valence electrons. The van der Waals surface area contributed by atoms with Crippen LogP contribution in [-0.4, -0.2) is 46.1 Å². The second-order valence-corrected chi connectivity index (χ2v) is 8.18. The third-order valence-corrected chi connectivity index (χ3v) is 6.06. The summed E-state index contributed by atoms with van der Waals surface area (Å²) in [6.45, 7) is 4.07. The van der Waals surface area contributed by atoms with Crippen LogP contribution in [-0.2, 0) is 0 Å². The minimum absolute atomic E-state index is 0.547. The number of nitrogens with two attached hydrogens (primary N) is 2. The fourth-order valence-electron chi connectivity index (χ4n) is 4.27. The van der Waals surface area contributed by atoms with E-state index in [0.717, 1.165) is 71.0 Å². The maximum absolute atomic E-state index is 5.96. The van der Waals surface area contributed by atoms with Crippen LogP contribution in [0.15, 0.2) is 54.6 Å². The lowest BCUT2D eigenvalue weighted by Crippen LogP contribution is -2.43. The highest BCUT2D eigenvalue weighted by Crippen LogP contribution is 2.29. The molecule has 5 aromatic rings. The Balaban J connectivity index is 1.35. The summed E-state index contributed by atoms with van der Waals surface area (Å²) in [5, 5.41) is 3.40. The number of aromatic nitrogens is 4. The molecule has 0 amide bonds. The van der Waals surface area contributed by atoms with Crippen molar-refractivity contribution in [2.75, 3.05) is 42.5 Å². The summed E-state index contributed by atoms with van der Waals surface area (Å²) >= 11 is 0. The second-order valence-electron chi connectivity index (χ2n) is 8.18. The van der Waals surface area contributed by atoms with Crippen LogP contribution in [0.4, 0.5) is 17.1 Å². The number of hydrogen-bond donors (Lipinski definition) is 5. The Bertz CT molecular complexity index is 1440. The first-order chi connectivity index (χ1) is 15.6. The Morgan fingerprint density at radius 2 is 1.31 bits per heavy atom. The van der Waals surface area contributed by atoms with Crippen molar-refractivity contribution in [1.29, 1.82) is 0 Å². The predicted molar refractivity (Wildman–Crippen MR) is 131 cm³/mol. The molecule has 0 bridgehead atoms. The summed E-state index contributed by atoms with van der Waals surface area (Å²) in [6.07, 6.45) is 0. The molecular formula is C24H24N8. The Kier molecular flexibility index (Phi) is 4.26. The van der Waals surface area contributed by atoms with Gasteiger partial charge < -0.3 is 31.7 Å². The van der Waals surface area contributed by atoms with E-state index in [1.165, 1.54) is 5.69 Å². The van der Waals surface area contributed by atoms with Gasteiger partial charge in [0.25, 0.3) is 0 Å². The quantitative estimate of drug-likeness (QED) is 0.283. The fraction of sp³-hybridized carbons (Fsp3) is 0.167. The van der Waals surface area contributed by atoms with Crippen LogP contribution in [0, 0.1) is 0 Å². The summed E-state index contributed by atoms with van der Waals surface area (Å²) in [5.74, 6) is 1.60. The molecule has 2 aromatic heterocycles. The third kappa shape index (κ3) is 3.21. The molecule has 1 fully saturated rings. The van der Waals surface area contributed by atoms with Crippen molar-refractivity contribution < 1.29 is 0 Å². The van der Waals surface area contributed by atoms with Gasteiger partial charge in [-0.3, -0.25) is 0 Å². The van der Waals surface area contributed by atoms with Crippen molar-refractivity contribution in [1.82, 2.24) is 25.3 Å². The molecule has 1 aliphatic heterocycles. The number of rotatable bonds is 3. The van der Waals surface area contributed by atoms with Gasteiger partial charge in [0.2, 0.25) is 0 Å². The van der Waals surface area contributed by atoms with Crippen molar-refractivity contribution in [3.63, 3.8) is 0 Å². The van der Waals surface area contributed by atoms with Gasteiger partial charge in [-0.05, 0) is 54.6 Å². The lowest BCUT2D eigenvalue weighted by molar-refractivity contribution is 0.589. The lowest BCUT2D eigenvalue weighted by atomic mass is 10.1. The maximum atomic E-state index is 5.96. The molecule has 0 atom stereocenters. The molecule has 0 radical (unpaired) electrons. The van der Waals surface area contributed by atoms with Crippen LogP contribution < -0.4 is 21.7 Å². The molecule has 7 N–H and O–H groups in total. The number of nitrogens with one attached hydrogen (secondary N) is 3. The number of piperazine rings is 1. The van der Waals surface area contributed by atoms with Crippen LogP contribution in [0.25, 0.3) is 44.8 Å². The number of imidazole rings is 2. The van der Waals surface area contributed by atoms with Crippen LogP contribution in [0.5, 0.6) is 0 Å². The van der Waals surface area contributed by atoms with Crippen LogP contribution in [0.2, 0.25) is 0 Å². The number of anilines is 3. The van der Waals surface area contributed by atoms with E-state index in [-0.39, 0.29) is 0 Å². The number of benzene rings is 3. The molecule has 1 aliphatic rings. The van der Waals surface area contributed by atoms with Crippen molar-refractivity contribution in [2.45, 2.75) is 0 Å². The molecule has 3 aromatic carbocycles. The molecule has 0 saturated carbocycles. The molecule has 1 saturated heterocycles. The van der Waals surface area contributed by atoms with E-state index in [2.05, 4.69) is 44.5 Å². The highest BCUT2D eigenvalue weighted by Gasteiger charge is 2.14. The molecule has 0 unspecified atom stereocenters. The highest BCUT2D eigenvalue weighted by atomic mass is 15.2. The van der Waals surface area contributed by atoms with Crippen LogP contribution in [0.3, 0.4) is 0 Å². The zero-order chi connectivity index (χ0) is 21.7. The standard InChI is InChI=1S/C24H24N8/c25-17-4-1-14(11-18(17)26)23-28-19-5-2-15(12-21(19)30-23)24-29-20-6-3-16(13-22(20)31-24)32-9-7-27-8-10-32/h1-6,11-13,27H,7-10,25-26H2,(H,28,30)(H,29,31). The highest BCUT2D eigenvalue weighted by molar-refractivity contribution is 5.87. The van der Waals surface area contributed by atoms with Gasteiger partial charge in [0.15, 0.2) is 0 Å². The van der Waals surface area contributed by atoms with Gasteiger partial charge in [-0.15, -0.1) is 0 Å². The molecule has 0 spiro atoms. The van der Waals surface area contributed by atoms with E-state index >= 15 is 0 Å². The SMILES string of the molecule is Nc1ccc(-c2nc3ccc(-c4nc5ccc(N6CCNCC6)cc5[nH]4)cc3[nH]2)cc1N. The summed E-state index contributed by atoms with van der Waals surface area (Å²) in [6, 6.07) is 18.1. The smallest absolute Gasteiger partial charge is 0.138 e. The number of aromatic amines is 2. The molecular weight excluding hydrogens is 400 g/mol. The van der Waals surface area contributed by atoms with Crippen molar-refractivity contribution in [2.24, 2.45) is 0 Å². The number of hydrogen-bond acceptors (Lipinski definition) is 6. The van der Waals surface area contributed by atoms with E-state index in [1.54, 1.807) is 6.07 Å². The normalized spacial score (nSPS) is 14.4. The lowest BCUT2D eigenvalue weighted by Gasteiger charge is -2.29. The van der Waals surface area contributed by atoms with Crippen LogP contribution >= 0.6 is 0 Å². The van der Waals surface area contributed by atoms with Gasteiger partial charge in [0.05, 0.1) is 33.4 Å². The molecule has 0 aliphatic carbocycles. The largest absolute Gasteiger partial charge is 0.397 e. The third-order valence-electron chi connectivity index (χ3n) is 6.06. The van der Waals surface area contributed by atoms with E-state index in [1.807, 2.05) is 24.3 Å². The van der Waals surface area contributed by atoms with Gasteiger partial charge >= 0.3 is 0 Å². The first-order valence-electron chi connectivity index (χ1n) is 10.7. The number of nitrogens with zero attached hydrogens (tertiary/aromatic N) is 3. The topological polar surface area (TPSA) is 125 Å². The second kappa shape index (κ2) is 7.28. The average molecular weight is 425 g/mol. The van der Waals surface area contributed by atoms with Crippen molar-refractivity contribution >= 4 is 39.1 Å². The molecule has 3 heterocycles. The summed E-state index contributed by atoms with van der Waals surface area (Å²) < 4.78 is 0. The Hall–Kier alpha value is -4.04. The van der Waals surface area contributed by atoms with Gasteiger partial charge in [-0.2, -0.15) is 0 Å². The molecule has 6 rings (SSSR count). The Morgan fingerprint density at radius 1 is 0.688 bits per heavy atom. The Labute approximate surface area is 184 Å². The van der Waals surface area contributed by atoms with E-state index in [4.69, 9.17) is 21.4 Å². The van der Waals surface area contributed by atoms with Crippen molar-refractivity contribution in [3.05, 3.63) is 54.6 Å². The predicted octanol–water partition coefficient (Wildman–Crippen LogP) is 3.35. The van der Waals surface area contributed by atoms with Crippen LogP contribution in [0.1, 0.15) is 0 Å². The first kappa shape index (κ1) is 18.7. The van der Waals surface area contributed by atoms with Gasteiger partial charge in [0.1, 0.15) is 11.6 Å². The number of fused-ring (bicyclic) bond motifs is 2. The molecule has 32 heavy (non-hydrogen) atoms. The van der Waals surface area contributed by atoms with E-state index in [9.17, 15) is 0 Å². The fourth-order valence-corrected chi connectivity index (χ4v) is 4.27. The summed E-state index contributed by atoms with van der Waals surface area (Å²) in [7, 11) is 0. The molecule has 8 heteroatoms. The zero-order valence-corrected chi connectivity index (χ0v) is 17.5. The summed E-state index contributed by atoms with van der Waals surface area (Å²) in [5.41, 5.74) is 19.9. The number of H-pyrrole nitrogens is 2. The Morgan fingerprint density at radius 3 is 2.03 bits per heavy atom. The summed E-state index contributed by atoms with van der Waals surface area (Å²) in [4.78, 5) is 18.8. The van der Waals surface area contributed by atoms with E-state index < -0.39 is 0 Å². The van der Waals surface area contributed by atoms with Crippen molar-refractivity contribution in [3.8, 4) is 22.8 Å². The first-order valence-corrected chi connectivity index (χ1v) is 10.7. The molecule has 8 nitrogen and oxygen atoms in total. The van der Waals surface area contributed by atoms with Gasteiger partial charge in [-0.25, -0.2) is 9.97 Å². The van der Waals surface area contributed by atoms with E-state index in [0.29, 0.717) is 11.4 Å². The minimum Gasteiger partial charge on any atom is -0.397 e. The zero-order valence-electron chi connectivity index (χ0n) is 17.5. The van der Waals surface area contributed by atoms with Gasteiger partial charge in [-0.1, -0.05) is 0 Å².